The third-order valence-corrected chi connectivity index (χ3v) is 12.8. The van der Waals surface area contributed by atoms with Crippen LogP contribution in [0.1, 0.15) is 47.1 Å². The van der Waals surface area contributed by atoms with Crippen LogP contribution in [0.25, 0.3) is 32.2 Å². The molecular formula is C38H35ClF2N8O5S2. The van der Waals surface area contributed by atoms with Crippen molar-refractivity contribution in [3.63, 3.8) is 0 Å². The summed E-state index contributed by atoms with van der Waals surface area (Å²) in [6.07, 6.45) is 4.16. The number of fused-ring (bicyclic) bond motifs is 2. The number of carbonyl (C=O) groups is 1. The quantitative estimate of drug-likeness (QED) is 0.200. The summed E-state index contributed by atoms with van der Waals surface area (Å²) in [5.74, 6) is 3.31. The zero-order valence-corrected chi connectivity index (χ0v) is 32.9. The van der Waals surface area contributed by atoms with E-state index in [1.807, 2.05) is 4.90 Å². The molecule has 0 atom stereocenters. The van der Waals surface area contributed by atoms with E-state index in [0.717, 1.165) is 6.92 Å². The summed E-state index contributed by atoms with van der Waals surface area (Å²) in [5.41, 5.74) is 2.16. The number of ether oxygens (including phenoxy) is 1. The Bertz CT molecular complexity index is 2650. The maximum Gasteiger partial charge on any atom is 0.267 e. The zero-order valence-electron chi connectivity index (χ0n) is 30.5. The molecule has 4 aromatic heterocycles. The molecule has 13 nitrogen and oxygen atoms in total. The van der Waals surface area contributed by atoms with Crippen LogP contribution in [0, 0.1) is 30.1 Å². The third-order valence-electron chi connectivity index (χ3n) is 9.93. The molecule has 290 valence electrons. The number of nitrogens with zero attached hydrogens (tertiary/aromatic N) is 7. The Balaban J connectivity index is 1.17. The molecule has 5 aromatic rings. The summed E-state index contributed by atoms with van der Waals surface area (Å²) in [6.45, 7) is 3.17. The second-order valence-electron chi connectivity index (χ2n) is 13.9. The topological polar surface area (TPSA) is 163 Å². The van der Waals surface area contributed by atoms with Crippen molar-refractivity contribution in [2.75, 3.05) is 44.8 Å². The van der Waals surface area contributed by atoms with Crippen molar-refractivity contribution in [2.45, 2.75) is 50.4 Å². The van der Waals surface area contributed by atoms with E-state index < -0.39 is 32.7 Å². The molecule has 1 N–H and O–H groups in total. The Morgan fingerprint density at radius 3 is 2.62 bits per heavy atom. The van der Waals surface area contributed by atoms with Crippen molar-refractivity contribution in [2.24, 2.45) is 0 Å². The van der Waals surface area contributed by atoms with Crippen molar-refractivity contribution in [1.29, 1.82) is 5.26 Å². The van der Waals surface area contributed by atoms with Crippen LogP contribution in [0.3, 0.4) is 0 Å². The van der Waals surface area contributed by atoms with E-state index in [2.05, 4.69) is 37.6 Å². The fraction of sp³-hybridized carbons (Fsp3) is 0.368. The second-order valence-corrected chi connectivity index (χ2v) is 17.2. The van der Waals surface area contributed by atoms with Gasteiger partial charge in [-0.15, -0.1) is 11.3 Å². The van der Waals surface area contributed by atoms with Crippen LogP contribution in [-0.2, 0) is 21.3 Å². The lowest BCUT2D eigenvalue weighted by atomic mass is 10.00. The van der Waals surface area contributed by atoms with Gasteiger partial charge in [0.1, 0.15) is 28.5 Å². The van der Waals surface area contributed by atoms with Gasteiger partial charge < -0.3 is 9.64 Å². The fourth-order valence-corrected chi connectivity index (χ4v) is 9.22. The predicted molar refractivity (Wildman–Crippen MR) is 210 cm³/mol. The average Bonchev–Trinajstić information content (AvgIpc) is 3.56. The fourth-order valence-electron chi connectivity index (χ4n) is 6.93. The Morgan fingerprint density at radius 2 is 1.95 bits per heavy atom. The molecule has 0 radical (unpaired) electrons. The molecule has 1 amide bonds. The van der Waals surface area contributed by atoms with Gasteiger partial charge in [-0.2, -0.15) is 5.26 Å². The minimum absolute atomic E-state index is 0.0195. The summed E-state index contributed by atoms with van der Waals surface area (Å²) in [6, 6.07) is 8.98. The number of nitrogens with one attached hydrogen (secondary N) is 1. The maximum atomic E-state index is 14.1. The number of hydrogen-bond donors (Lipinski definition) is 1. The zero-order chi connectivity index (χ0) is 39.9. The van der Waals surface area contributed by atoms with E-state index in [0.29, 0.717) is 69.5 Å². The van der Waals surface area contributed by atoms with E-state index in [4.69, 9.17) is 16.3 Å². The lowest BCUT2D eigenvalue weighted by molar-refractivity contribution is -0.0198. The van der Waals surface area contributed by atoms with Gasteiger partial charge >= 0.3 is 0 Å². The van der Waals surface area contributed by atoms with Crippen molar-refractivity contribution >= 4 is 65.8 Å². The lowest BCUT2D eigenvalue weighted by Crippen LogP contribution is -2.48. The van der Waals surface area contributed by atoms with Gasteiger partial charge in [-0.05, 0) is 44.0 Å². The molecule has 2 aliphatic rings. The average molecular weight is 821 g/mol. The second kappa shape index (κ2) is 15.5. The molecule has 2 aliphatic heterocycles. The molecule has 18 heteroatoms. The van der Waals surface area contributed by atoms with E-state index in [1.165, 1.54) is 28.3 Å². The summed E-state index contributed by atoms with van der Waals surface area (Å²) < 4.78 is 61.5. The number of alkyl halides is 2. The molecule has 0 spiro atoms. The molecule has 0 unspecified atom stereocenters. The van der Waals surface area contributed by atoms with Crippen LogP contribution in [0.15, 0.2) is 46.8 Å². The molecule has 0 saturated carbocycles. The van der Waals surface area contributed by atoms with Crippen molar-refractivity contribution in [3.05, 3.63) is 79.9 Å². The normalized spacial score (nSPS) is 15.6. The van der Waals surface area contributed by atoms with Crippen LogP contribution in [0.5, 0.6) is 0 Å². The number of pyridine rings is 2. The van der Waals surface area contributed by atoms with Crippen LogP contribution < -0.4 is 15.2 Å². The first-order valence-electron chi connectivity index (χ1n) is 17.6. The number of piperidine rings is 1. The highest BCUT2D eigenvalue weighted by Gasteiger charge is 2.35. The van der Waals surface area contributed by atoms with Gasteiger partial charge in [0.05, 0.1) is 59.2 Å². The number of nitriles is 1. The Kier molecular flexibility index (Phi) is 10.8. The lowest BCUT2D eigenvalue weighted by Gasteiger charge is -2.38. The van der Waals surface area contributed by atoms with Gasteiger partial charge in [-0.25, -0.2) is 31.9 Å². The van der Waals surface area contributed by atoms with Gasteiger partial charge in [-0.1, -0.05) is 23.4 Å². The number of halogens is 3. The number of benzene rings is 1. The van der Waals surface area contributed by atoms with Crippen molar-refractivity contribution < 1.29 is 26.7 Å². The summed E-state index contributed by atoms with van der Waals surface area (Å²) in [4.78, 5) is 44.2. The molecule has 56 heavy (non-hydrogen) atoms. The highest BCUT2D eigenvalue weighted by atomic mass is 35.5. The molecular weight excluding hydrogens is 786 g/mol. The molecule has 7 rings (SSSR count). The molecule has 2 fully saturated rings. The Hall–Kier alpha value is -5.04. The number of sulfonamides is 1. The molecule has 6 heterocycles. The Morgan fingerprint density at radius 1 is 1.20 bits per heavy atom. The molecule has 0 bridgehead atoms. The number of aryl methyl sites for hydroxylation is 1. The standard InChI is InChI=1S/C38H35ClF2N8O5S2/c1-22-45-31-17-44-35(47(3)25-9-13-48(14-10-25)21-38(2,40)41)29(16-42)32(31)37(51)49(22)12-4-5-23-6-7-24(39)15-28(23)27-8-11-43-33-30(20-55-34(27)33)36(50)46-56(52,53)26-18-54-19-26/h6-8,11,15,17,20,25-26H,9-10,12-14,18-19,21H2,1-3H3,(H,46,50). The van der Waals surface area contributed by atoms with Crippen LogP contribution in [-0.4, -0.2) is 95.9 Å². The minimum atomic E-state index is -3.92. The highest BCUT2D eigenvalue weighted by Crippen LogP contribution is 2.37. The largest absolute Gasteiger partial charge is 0.378 e. The first-order valence-corrected chi connectivity index (χ1v) is 20.4. The molecule has 2 saturated heterocycles. The Labute approximate surface area is 329 Å². The first kappa shape index (κ1) is 39.2. The maximum absolute atomic E-state index is 14.1. The van der Waals surface area contributed by atoms with Crippen LogP contribution in [0.2, 0.25) is 5.02 Å². The van der Waals surface area contributed by atoms with E-state index in [-0.39, 0.29) is 54.4 Å². The number of aromatic nitrogens is 4. The summed E-state index contributed by atoms with van der Waals surface area (Å²) in [5, 5.41) is 11.6. The highest BCUT2D eigenvalue weighted by molar-refractivity contribution is 7.90. The van der Waals surface area contributed by atoms with Gasteiger partial charge in [-0.3, -0.25) is 24.0 Å². The smallest absolute Gasteiger partial charge is 0.267 e. The van der Waals surface area contributed by atoms with Gasteiger partial charge in [0.2, 0.25) is 10.0 Å². The van der Waals surface area contributed by atoms with Gasteiger partial charge in [0.25, 0.3) is 17.4 Å². The minimum Gasteiger partial charge on any atom is -0.378 e. The third kappa shape index (κ3) is 7.83. The summed E-state index contributed by atoms with van der Waals surface area (Å²) >= 11 is 7.67. The van der Waals surface area contributed by atoms with Crippen molar-refractivity contribution in [3.8, 4) is 29.0 Å². The monoisotopic (exact) mass is 820 g/mol. The van der Waals surface area contributed by atoms with E-state index in [1.54, 1.807) is 48.5 Å². The SMILES string of the molecule is Cc1nc2cnc(N(C)C3CCN(CC(C)(F)F)CC3)c(C#N)c2c(=O)n1CC#Cc1ccc(Cl)cc1-c1ccnc2c(C(=O)NS(=O)(=O)C3COC3)csc12. The number of rotatable bonds is 9. The van der Waals surface area contributed by atoms with Gasteiger partial charge in [0, 0.05) is 66.4 Å². The number of thiophene rings is 1. The number of amides is 1. The number of hydrogen-bond acceptors (Lipinski definition) is 12. The van der Waals surface area contributed by atoms with E-state index >= 15 is 0 Å². The van der Waals surface area contributed by atoms with Gasteiger partial charge in [0.15, 0.2) is 0 Å². The van der Waals surface area contributed by atoms with E-state index in [9.17, 15) is 32.0 Å². The number of carbonyl (C=O) groups excluding carboxylic acids is 1. The molecule has 0 aliphatic carbocycles. The number of anilines is 1. The van der Waals surface area contributed by atoms with Crippen molar-refractivity contribution in [1.82, 2.24) is 29.1 Å². The first-order chi connectivity index (χ1) is 26.6. The van der Waals surface area contributed by atoms with Crippen LogP contribution >= 0.6 is 22.9 Å². The predicted octanol–water partition coefficient (Wildman–Crippen LogP) is 4.97. The molecule has 1 aromatic carbocycles. The van der Waals surface area contributed by atoms with Crippen LogP contribution in [0.4, 0.5) is 14.6 Å². The number of likely N-dealkylation sites (tertiary alicyclic amines) is 1. The summed E-state index contributed by atoms with van der Waals surface area (Å²) in [7, 11) is -2.13.